The second-order valence-corrected chi connectivity index (χ2v) is 3.29. The number of benzene rings is 1. The Morgan fingerprint density at radius 1 is 1.47 bits per heavy atom. The molecule has 2 N–H and O–H groups in total. The minimum absolute atomic E-state index is 0.274. The fraction of sp³-hybridized carbons (Fsp3) is 0.182. The summed E-state index contributed by atoms with van der Waals surface area (Å²) in [7, 11) is 1.71. The summed E-state index contributed by atoms with van der Waals surface area (Å²) in [5, 5.41) is 10.6. The zero-order valence-electron chi connectivity index (χ0n) is 8.40. The van der Waals surface area contributed by atoms with Crippen molar-refractivity contribution in [3.63, 3.8) is 0 Å². The summed E-state index contributed by atoms with van der Waals surface area (Å²) in [6, 6.07) is 7.75. The van der Waals surface area contributed by atoms with Crippen molar-refractivity contribution in [1.82, 2.24) is 5.43 Å². The van der Waals surface area contributed by atoms with Crippen molar-refractivity contribution >= 4 is 11.7 Å². The lowest BCUT2D eigenvalue weighted by atomic mass is 10.0. The third kappa shape index (κ3) is 1.59. The topological polar surface area (TPSA) is 52.6 Å². The SMILES string of the molecule is CNN1C(C(=O)O)=CCc2ccccc21. The van der Waals surface area contributed by atoms with Gasteiger partial charge in [-0.25, -0.2) is 10.2 Å². The van der Waals surface area contributed by atoms with Crippen molar-refractivity contribution in [3.8, 4) is 0 Å². The van der Waals surface area contributed by atoms with E-state index in [0.29, 0.717) is 6.42 Å². The van der Waals surface area contributed by atoms with Crippen molar-refractivity contribution in [2.45, 2.75) is 6.42 Å². The lowest BCUT2D eigenvalue weighted by Gasteiger charge is -2.29. The molecule has 0 saturated carbocycles. The van der Waals surface area contributed by atoms with Crippen LogP contribution in [0.15, 0.2) is 36.0 Å². The molecule has 1 aliphatic rings. The summed E-state index contributed by atoms with van der Waals surface area (Å²) in [5.74, 6) is -0.918. The third-order valence-electron chi connectivity index (χ3n) is 2.43. The Hall–Kier alpha value is -1.81. The van der Waals surface area contributed by atoms with Gasteiger partial charge in [0.1, 0.15) is 5.70 Å². The van der Waals surface area contributed by atoms with E-state index in [1.807, 2.05) is 24.3 Å². The third-order valence-corrected chi connectivity index (χ3v) is 2.43. The van der Waals surface area contributed by atoms with Gasteiger partial charge in [-0.15, -0.1) is 0 Å². The number of para-hydroxylation sites is 1. The molecule has 1 aromatic rings. The number of fused-ring (bicyclic) bond motifs is 1. The fourth-order valence-corrected chi connectivity index (χ4v) is 1.75. The number of hydrogen-bond acceptors (Lipinski definition) is 3. The van der Waals surface area contributed by atoms with Gasteiger partial charge >= 0.3 is 5.97 Å². The van der Waals surface area contributed by atoms with Crippen LogP contribution in [0.25, 0.3) is 0 Å². The molecule has 0 aromatic heterocycles. The average molecular weight is 204 g/mol. The van der Waals surface area contributed by atoms with Crippen LogP contribution in [-0.2, 0) is 11.2 Å². The minimum Gasteiger partial charge on any atom is -0.477 e. The molecule has 1 heterocycles. The molecule has 4 heteroatoms. The quantitative estimate of drug-likeness (QED) is 0.758. The van der Waals surface area contributed by atoms with Crippen LogP contribution in [0.5, 0.6) is 0 Å². The Morgan fingerprint density at radius 2 is 2.20 bits per heavy atom. The first-order valence-corrected chi connectivity index (χ1v) is 4.73. The molecule has 0 bridgehead atoms. The Kier molecular flexibility index (Phi) is 2.43. The number of hydrazine groups is 1. The number of hydrogen-bond donors (Lipinski definition) is 2. The van der Waals surface area contributed by atoms with Crippen molar-refractivity contribution in [2.24, 2.45) is 0 Å². The first-order valence-electron chi connectivity index (χ1n) is 4.73. The van der Waals surface area contributed by atoms with Gasteiger partial charge in [0.25, 0.3) is 0 Å². The molecular weight excluding hydrogens is 192 g/mol. The summed E-state index contributed by atoms with van der Waals surface area (Å²) in [4.78, 5) is 11.0. The molecule has 0 spiro atoms. The van der Waals surface area contributed by atoms with Crippen LogP contribution in [0.1, 0.15) is 5.56 Å². The van der Waals surface area contributed by atoms with Gasteiger partial charge in [0.15, 0.2) is 0 Å². The van der Waals surface area contributed by atoms with E-state index in [-0.39, 0.29) is 5.70 Å². The van der Waals surface area contributed by atoms with Crippen LogP contribution in [0.3, 0.4) is 0 Å². The number of anilines is 1. The molecular formula is C11H12N2O2. The van der Waals surface area contributed by atoms with E-state index in [0.717, 1.165) is 11.3 Å². The molecule has 2 rings (SSSR count). The summed E-state index contributed by atoms with van der Waals surface area (Å²) in [6.45, 7) is 0. The normalized spacial score (nSPS) is 14.5. The number of nitrogens with zero attached hydrogens (tertiary/aromatic N) is 1. The zero-order chi connectivity index (χ0) is 10.8. The zero-order valence-corrected chi connectivity index (χ0v) is 8.40. The second kappa shape index (κ2) is 3.74. The highest BCUT2D eigenvalue weighted by Gasteiger charge is 2.22. The molecule has 0 saturated heterocycles. The molecule has 0 aliphatic carbocycles. The summed E-state index contributed by atoms with van der Waals surface area (Å²) in [5.41, 5.74) is 5.17. The molecule has 0 amide bonds. The maximum atomic E-state index is 11.0. The smallest absolute Gasteiger partial charge is 0.353 e. The van der Waals surface area contributed by atoms with Crippen molar-refractivity contribution in [1.29, 1.82) is 0 Å². The van der Waals surface area contributed by atoms with Gasteiger partial charge in [-0.2, -0.15) is 0 Å². The predicted molar refractivity (Wildman–Crippen MR) is 57.4 cm³/mol. The maximum absolute atomic E-state index is 11.0. The van der Waals surface area contributed by atoms with E-state index < -0.39 is 5.97 Å². The number of nitrogens with one attached hydrogen (secondary N) is 1. The second-order valence-electron chi connectivity index (χ2n) is 3.29. The summed E-state index contributed by atoms with van der Waals surface area (Å²) in [6.07, 6.45) is 2.37. The van der Waals surface area contributed by atoms with Crippen molar-refractivity contribution < 1.29 is 9.90 Å². The molecule has 0 unspecified atom stereocenters. The van der Waals surface area contributed by atoms with Crippen LogP contribution in [0.2, 0.25) is 0 Å². The standard InChI is InChI=1S/C11H12N2O2/c1-12-13-9-5-3-2-4-8(9)6-7-10(13)11(14)15/h2-5,7,12H,6H2,1H3,(H,14,15). The highest BCUT2D eigenvalue weighted by molar-refractivity contribution is 5.92. The summed E-state index contributed by atoms with van der Waals surface area (Å²) >= 11 is 0. The molecule has 1 aliphatic heterocycles. The molecule has 78 valence electrons. The average Bonchev–Trinajstić information content (AvgIpc) is 2.27. The number of aliphatic carboxylic acids is 1. The molecule has 4 nitrogen and oxygen atoms in total. The van der Waals surface area contributed by atoms with Crippen LogP contribution in [0.4, 0.5) is 5.69 Å². The van der Waals surface area contributed by atoms with E-state index in [1.165, 1.54) is 0 Å². The Morgan fingerprint density at radius 3 is 2.87 bits per heavy atom. The number of carboxylic acids is 1. The van der Waals surface area contributed by atoms with Crippen LogP contribution >= 0.6 is 0 Å². The van der Waals surface area contributed by atoms with E-state index >= 15 is 0 Å². The Balaban J connectivity index is 2.46. The van der Waals surface area contributed by atoms with Gasteiger partial charge < -0.3 is 5.11 Å². The number of rotatable bonds is 2. The largest absolute Gasteiger partial charge is 0.477 e. The lowest BCUT2D eigenvalue weighted by Crippen LogP contribution is -2.39. The number of allylic oxidation sites excluding steroid dienone is 1. The predicted octanol–water partition coefficient (Wildman–Crippen LogP) is 1.15. The highest BCUT2D eigenvalue weighted by Crippen LogP contribution is 2.27. The first-order chi connectivity index (χ1) is 7.24. The van der Waals surface area contributed by atoms with Gasteiger partial charge in [0.05, 0.1) is 5.69 Å². The van der Waals surface area contributed by atoms with Crippen molar-refractivity contribution in [2.75, 3.05) is 12.1 Å². The molecule has 1 aromatic carbocycles. The monoisotopic (exact) mass is 204 g/mol. The van der Waals surface area contributed by atoms with Crippen LogP contribution < -0.4 is 10.4 Å². The van der Waals surface area contributed by atoms with Gasteiger partial charge in [-0.3, -0.25) is 5.01 Å². The summed E-state index contributed by atoms with van der Waals surface area (Å²) < 4.78 is 0. The van der Waals surface area contributed by atoms with E-state index in [1.54, 1.807) is 18.1 Å². The molecule has 0 fully saturated rings. The highest BCUT2D eigenvalue weighted by atomic mass is 16.4. The van der Waals surface area contributed by atoms with Gasteiger partial charge in [-0.05, 0) is 24.1 Å². The van der Waals surface area contributed by atoms with Crippen molar-refractivity contribution in [3.05, 3.63) is 41.6 Å². The first kappa shape index (κ1) is 9.73. The minimum atomic E-state index is -0.918. The molecule has 0 radical (unpaired) electrons. The van der Waals surface area contributed by atoms with E-state index in [9.17, 15) is 4.79 Å². The Bertz CT molecular complexity index is 426. The van der Waals surface area contributed by atoms with E-state index in [2.05, 4.69) is 5.43 Å². The van der Waals surface area contributed by atoms with E-state index in [4.69, 9.17) is 5.11 Å². The van der Waals surface area contributed by atoms with Crippen LogP contribution in [0, 0.1) is 0 Å². The lowest BCUT2D eigenvalue weighted by molar-refractivity contribution is -0.132. The number of carboxylic acid groups (broad SMARTS) is 1. The van der Waals surface area contributed by atoms with Gasteiger partial charge in [0, 0.05) is 7.05 Å². The van der Waals surface area contributed by atoms with Crippen LogP contribution in [-0.4, -0.2) is 18.1 Å². The van der Waals surface area contributed by atoms with Gasteiger partial charge in [-0.1, -0.05) is 18.2 Å². The fourth-order valence-electron chi connectivity index (χ4n) is 1.75. The maximum Gasteiger partial charge on any atom is 0.353 e. The Labute approximate surface area is 87.8 Å². The number of carbonyl (C=O) groups is 1. The molecule has 0 atom stereocenters. The van der Waals surface area contributed by atoms with Gasteiger partial charge in [0.2, 0.25) is 0 Å². The molecule has 15 heavy (non-hydrogen) atoms.